The summed E-state index contributed by atoms with van der Waals surface area (Å²) < 4.78 is 11.2. The lowest BCUT2D eigenvalue weighted by atomic mass is 10.0. The lowest BCUT2D eigenvalue weighted by molar-refractivity contribution is -0.171. The third-order valence-corrected chi connectivity index (χ3v) is 4.23. The zero-order chi connectivity index (χ0) is 15.4. The van der Waals surface area contributed by atoms with Crippen molar-refractivity contribution < 1.29 is 14.3 Å². The fraction of sp³-hybridized carbons (Fsp3) is 0.625. The quantitative estimate of drug-likeness (QED) is 0.815. The standard InChI is InChI=1S/C16H23N3O3/c1-16(15(20)19-6-8-21-9-7-19)13-18(5-10-22-16)12-14-3-2-4-17-11-14/h2-4,11H,5-10,12-13H2,1H3/t16-/m1/s1. The Balaban J connectivity index is 1.64. The summed E-state index contributed by atoms with van der Waals surface area (Å²) in [7, 11) is 0. The zero-order valence-corrected chi connectivity index (χ0v) is 13.0. The predicted octanol–water partition coefficient (Wildman–Crippen LogP) is 0.531. The van der Waals surface area contributed by atoms with E-state index >= 15 is 0 Å². The van der Waals surface area contributed by atoms with Gasteiger partial charge in [-0.05, 0) is 18.6 Å². The maximum absolute atomic E-state index is 12.8. The SMILES string of the molecule is C[C@]1(C(=O)N2CCOCC2)CN(Cc2cccnc2)CCO1. The Kier molecular flexibility index (Phi) is 4.71. The van der Waals surface area contributed by atoms with Crippen LogP contribution < -0.4 is 0 Å². The number of nitrogens with zero attached hydrogens (tertiary/aromatic N) is 3. The second-order valence-electron chi connectivity index (χ2n) is 6.06. The molecule has 2 fully saturated rings. The van der Waals surface area contributed by atoms with Crippen molar-refractivity contribution in [3.63, 3.8) is 0 Å². The lowest BCUT2D eigenvalue weighted by Gasteiger charge is -2.42. The van der Waals surface area contributed by atoms with Crippen LogP contribution in [0.25, 0.3) is 0 Å². The molecule has 0 aromatic carbocycles. The minimum absolute atomic E-state index is 0.0756. The van der Waals surface area contributed by atoms with E-state index in [1.165, 1.54) is 0 Å². The predicted molar refractivity (Wildman–Crippen MR) is 81.3 cm³/mol. The van der Waals surface area contributed by atoms with Crippen molar-refractivity contribution in [1.82, 2.24) is 14.8 Å². The van der Waals surface area contributed by atoms with Crippen molar-refractivity contribution in [2.75, 3.05) is 46.0 Å². The normalized spacial score (nSPS) is 26.9. The maximum Gasteiger partial charge on any atom is 0.256 e. The molecule has 1 aromatic rings. The van der Waals surface area contributed by atoms with Gasteiger partial charge in [0.1, 0.15) is 0 Å². The number of carbonyl (C=O) groups excluding carboxylic acids is 1. The fourth-order valence-corrected chi connectivity index (χ4v) is 3.07. The lowest BCUT2D eigenvalue weighted by Crippen LogP contribution is -2.60. The molecular weight excluding hydrogens is 282 g/mol. The van der Waals surface area contributed by atoms with Gasteiger partial charge in [0.05, 0.1) is 19.8 Å². The highest BCUT2D eigenvalue weighted by atomic mass is 16.5. The number of aromatic nitrogens is 1. The first-order valence-corrected chi connectivity index (χ1v) is 7.80. The number of pyridine rings is 1. The number of carbonyl (C=O) groups is 1. The van der Waals surface area contributed by atoms with Crippen LogP contribution in [0, 0.1) is 0 Å². The molecule has 1 atom stereocenters. The molecular formula is C16H23N3O3. The number of morpholine rings is 2. The van der Waals surface area contributed by atoms with Crippen LogP contribution in [0.5, 0.6) is 0 Å². The largest absolute Gasteiger partial charge is 0.378 e. The second kappa shape index (κ2) is 6.73. The van der Waals surface area contributed by atoms with Crippen LogP contribution in [-0.2, 0) is 20.8 Å². The van der Waals surface area contributed by atoms with Crippen molar-refractivity contribution >= 4 is 5.91 Å². The Labute approximate surface area is 131 Å². The molecule has 6 heteroatoms. The van der Waals surface area contributed by atoms with Crippen LogP contribution in [0.2, 0.25) is 0 Å². The summed E-state index contributed by atoms with van der Waals surface area (Å²) in [6, 6.07) is 4.00. The van der Waals surface area contributed by atoms with Crippen molar-refractivity contribution in [2.24, 2.45) is 0 Å². The van der Waals surface area contributed by atoms with Gasteiger partial charge in [-0.15, -0.1) is 0 Å². The van der Waals surface area contributed by atoms with E-state index in [4.69, 9.17) is 9.47 Å². The van der Waals surface area contributed by atoms with Gasteiger partial charge in [-0.2, -0.15) is 0 Å². The summed E-state index contributed by atoms with van der Waals surface area (Å²) in [5.41, 5.74) is 0.392. The third-order valence-electron chi connectivity index (χ3n) is 4.23. The molecule has 120 valence electrons. The Hall–Kier alpha value is -1.50. The molecule has 0 radical (unpaired) electrons. The topological polar surface area (TPSA) is 54.9 Å². The number of rotatable bonds is 3. The molecule has 0 saturated carbocycles. The monoisotopic (exact) mass is 305 g/mol. The van der Waals surface area contributed by atoms with E-state index in [2.05, 4.69) is 16.0 Å². The summed E-state index contributed by atoms with van der Waals surface area (Å²) in [5.74, 6) is 0.0756. The molecule has 1 aromatic heterocycles. The van der Waals surface area contributed by atoms with Gasteiger partial charge in [0.15, 0.2) is 5.60 Å². The van der Waals surface area contributed by atoms with Crippen molar-refractivity contribution in [3.8, 4) is 0 Å². The number of amides is 1. The van der Waals surface area contributed by atoms with Crippen LogP contribution in [-0.4, -0.2) is 72.3 Å². The average molecular weight is 305 g/mol. The molecule has 2 saturated heterocycles. The summed E-state index contributed by atoms with van der Waals surface area (Å²) in [6.45, 7) is 7.25. The highest BCUT2D eigenvalue weighted by molar-refractivity contribution is 5.85. The molecule has 2 aliphatic rings. The molecule has 0 unspecified atom stereocenters. The molecule has 3 rings (SSSR count). The van der Waals surface area contributed by atoms with Crippen molar-refractivity contribution in [3.05, 3.63) is 30.1 Å². The molecule has 3 heterocycles. The van der Waals surface area contributed by atoms with E-state index in [0.717, 1.165) is 18.7 Å². The fourth-order valence-electron chi connectivity index (χ4n) is 3.07. The van der Waals surface area contributed by atoms with Crippen LogP contribution in [0.4, 0.5) is 0 Å². The molecule has 0 spiro atoms. The highest BCUT2D eigenvalue weighted by Crippen LogP contribution is 2.22. The Morgan fingerprint density at radius 1 is 1.32 bits per heavy atom. The zero-order valence-electron chi connectivity index (χ0n) is 13.0. The first-order valence-electron chi connectivity index (χ1n) is 7.80. The van der Waals surface area contributed by atoms with Gasteiger partial charge in [-0.1, -0.05) is 6.07 Å². The van der Waals surface area contributed by atoms with Gasteiger partial charge in [0.25, 0.3) is 5.91 Å². The molecule has 22 heavy (non-hydrogen) atoms. The summed E-state index contributed by atoms with van der Waals surface area (Å²) in [4.78, 5) is 21.0. The Morgan fingerprint density at radius 2 is 2.14 bits per heavy atom. The minimum atomic E-state index is -0.766. The molecule has 0 bridgehead atoms. The first-order chi connectivity index (χ1) is 10.7. The van der Waals surface area contributed by atoms with E-state index in [1.54, 1.807) is 6.20 Å². The minimum Gasteiger partial charge on any atom is -0.378 e. The van der Waals surface area contributed by atoms with E-state index in [0.29, 0.717) is 39.5 Å². The number of hydrogen-bond acceptors (Lipinski definition) is 5. The first kappa shape index (κ1) is 15.4. The van der Waals surface area contributed by atoms with Gasteiger partial charge in [0, 0.05) is 45.1 Å². The molecule has 1 amide bonds. The van der Waals surface area contributed by atoms with E-state index in [1.807, 2.05) is 24.1 Å². The molecule has 2 aliphatic heterocycles. The Morgan fingerprint density at radius 3 is 2.86 bits per heavy atom. The Bertz CT molecular complexity index is 505. The van der Waals surface area contributed by atoms with Gasteiger partial charge in [0.2, 0.25) is 0 Å². The van der Waals surface area contributed by atoms with Crippen molar-refractivity contribution in [1.29, 1.82) is 0 Å². The highest BCUT2D eigenvalue weighted by Gasteiger charge is 2.42. The van der Waals surface area contributed by atoms with Crippen LogP contribution in [0.1, 0.15) is 12.5 Å². The maximum atomic E-state index is 12.8. The average Bonchev–Trinajstić information content (AvgIpc) is 2.56. The van der Waals surface area contributed by atoms with Crippen LogP contribution in [0.15, 0.2) is 24.5 Å². The van der Waals surface area contributed by atoms with E-state index in [9.17, 15) is 4.79 Å². The van der Waals surface area contributed by atoms with E-state index in [-0.39, 0.29) is 5.91 Å². The van der Waals surface area contributed by atoms with Gasteiger partial charge in [-0.3, -0.25) is 14.7 Å². The van der Waals surface area contributed by atoms with Gasteiger partial charge >= 0.3 is 0 Å². The van der Waals surface area contributed by atoms with Gasteiger partial charge in [-0.25, -0.2) is 0 Å². The van der Waals surface area contributed by atoms with Crippen LogP contribution >= 0.6 is 0 Å². The van der Waals surface area contributed by atoms with Crippen molar-refractivity contribution in [2.45, 2.75) is 19.1 Å². The summed E-state index contributed by atoms with van der Waals surface area (Å²) in [6.07, 6.45) is 3.64. The van der Waals surface area contributed by atoms with Crippen LogP contribution in [0.3, 0.4) is 0 Å². The summed E-state index contributed by atoms with van der Waals surface area (Å²) in [5, 5.41) is 0. The number of hydrogen-bond donors (Lipinski definition) is 0. The molecule has 0 N–H and O–H groups in total. The van der Waals surface area contributed by atoms with Gasteiger partial charge < -0.3 is 14.4 Å². The number of ether oxygens (including phenoxy) is 2. The molecule has 0 aliphatic carbocycles. The summed E-state index contributed by atoms with van der Waals surface area (Å²) >= 11 is 0. The van der Waals surface area contributed by atoms with E-state index < -0.39 is 5.60 Å². The molecule has 6 nitrogen and oxygen atoms in total. The smallest absolute Gasteiger partial charge is 0.256 e. The third kappa shape index (κ3) is 3.45. The second-order valence-corrected chi connectivity index (χ2v) is 6.06.